The van der Waals surface area contributed by atoms with Gasteiger partial charge < -0.3 is 15.0 Å². The summed E-state index contributed by atoms with van der Waals surface area (Å²) in [5, 5.41) is 3.25. The molecule has 2 unspecified atom stereocenters. The smallest absolute Gasteiger partial charge is 0.133 e. The molecule has 1 fully saturated rings. The molecule has 1 aliphatic heterocycles. The van der Waals surface area contributed by atoms with Crippen molar-refractivity contribution in [3.05, 3.63) is 28.2 Å². The summed E-state index contributed by atoms with van der Waals surface area (Å²) in [6, 6.07) is 7.37. The van der Waals surface area contributed by atoms with Gasteiger partial charge in [0.1, 0.15) is 5.75 Å². The molecule has 1 N–H and O–H groups in total. The number of likely N-dealkylation sites (tertiary alicyclic amines) is 1. The van der Waals surface area contributed by atoms with Crippen LogP contribution < -0.4 is 10.1 Å². The summed E-state index contributed by atoms with van der Waals surface area (Å²) in [5.74, 6) is 0.942. The molecular formula is C16H25BrN2O. The molecule has 0 amide bonds. The van der Waals surface area contributed by atoms with Crippen molar-refractivity contribution >= 4 is 15.9 Å². The van der Waals surface area contributed by atoms with Gasteiger partial charge in [-0.25, -0.2) is 0 Å². The normalized spacial score (nSPS) is 21.1. The van der Waals surface area contributed by atoms with Gasteiger partial charge in [-0.15, -0.1) is 0 Å². The minimum absolute atomic E-state index is 0.354. The van der Waals surface area contributed by atoms with Crippen molar-refractivity contribution in [1.29, 1.82) is 0 Å². The first-order valence-corrected chi connectivity index (χ1v) is 8.21. The van der Waals surface area contributed by atoms with Crippen LogP contribution in [-0.4, -0.2) is 38.2 Å². The minimum atomic E-state index is 0.354. The molecule has 0 aromatic heterocycles. The fourth-order valence-corrected chi connectivity index (χ4v) is 3.23. The predicted molar refractivity (Wildman–Crippen MR) is 87.4 cm³/mol. The maximum absolute atomic E-state index is 5.92. The second-order valence-electron chi connectivity index (χ2n) is 5.61. The fraction of sp³-hybridized carbons (Fsp3) is 0.625. The monoisotopic (exact) mass is 340 g/mol. The molecule has 0 bridgehead atoms. The van der Waals surface area contributed by atoms with Crippen molar-refractivity contribution in [3.8, 4) is 5.75 Å². The van der Waals surface area contributed by atoms with Crippen molar-refractivity contribution in [3.63, 3.8) is 0 Å². The zero-order valence-electron chi connectivity index (χ0n) is 12.7. The van der Waals surface area contributed by atoms with Crippen LogP contribution >= 0.6 is 15.9 Å². The SMILES string of the molecule is CNC(C)c1ccc(OCCC2CCCN2C)c(Br)c1. The Hall–Kier alpha value is -0.580. The Morgan fingerprint density at radius 1 is 1.50 bits per heavy atom. The number of hydrogen-bond acceptors (Lipinski definition) is 3. The molecule has 2 rings (SSSR count). The number of nitrogens with one attached hydrogen (secondary N) is 1. The van der Waals surface area contributed by atoms with Crippen LogP contribution in [0.2, 0.25) is 0 Å². The molecule has 1 aliphatic rings. The lowest BCUT2D eigenvalue weighted by atomic mass is 10.1. The number of ether oxygens (including phenoxy) is 1. The average molecular weight is 341 g/mol. The summed E-state index contributed by atoms with van der Waals surface area (Å²) in [7, 11) is 4.18. The highest BCUT2D eigenvalue weighted by atomic mass is 79.9. The molecule has 0 spiro atoms. The number of rotatable bonds is 6. The van der Waals surface area contributed by atoms with Crippen molar-refractivity contribution in [2.45, 2.75) is 38.3 Å². The van der Waals surface area contributed by atoms with Gasteiger partial charge in [-0.1, -0.05) is 6.07 Å². The lowest BCUT2D eigenvalue weighted by Crippen LogP contribution is -2.26. The molecule has 0 saturated carbocycles. The minimum Gasteiger partial charge on any atom is -0.492 e. The van der Waals surface area contributed by atoms with Gasteiger partial charge in [-0.2, -0.15) is 0 Å². The van der Waals surface area contributed by atoms with E-state index in [0.29, 0.717) is 12.1 Å². The Morgan fingerprint density at radius 2 is 2.30 bits per heavy atom. The summed E-state index contributed by atoms with van der Waals surface area (Å²) in [6.07, 6.45) is 3.73. The number of nitrogens with zero attached hydrogens (tertiary/aromatic N) is 1. The maximum Gasteiger partial charge on any atom is 0.133 e. The number of benzene rings is 1. The summed E-state index contributed by atoms with van der Waals surface area (Å²) in [6.45, 7) is 4.16. The molecule has 0 aliphatic carbocycles. The molecule has 1 aromatic carbocycles. The van der Waals surface area contributed by atoms with E-state index in [2.05, 4.69) is 58.3 Å². The van der Waals surface area contributed by atoms with Crippen molar-refractivity contribution < 1.29 is 4.74 Å². The summed E-state index contributed by atoms with van der Waals surface area (Å²) < 4.78 is 6.96. The molecule has 1 aromatic rings. The summed E-state index contributed by atoms with van der Waals surface area (Å²) >= 11 is 3.61. The Labute approximate surface area is 130 Å². The highest BCUT2D eigenvalue weighted by Gasteiger charge is 2.20. The van der Waals surface area contributed by atoms with E-state index in [1.165, 1.54) is 24.9 Å². The number of hydrogen-bond donors (Lipinski definition) is 1. The van der Waals surface area contributed by atoms with Crippen molar-refractivity contribution in [2.24, 2.45) is 0 Å². The lowest BCUT2D eigenvalue weighted by molar-refractivity contribution is 0.232. The largest absolute Gasteiger partial charge is 0.492 e. The first kappa shape index (κ1) is 15.8. The van der Waals surface area contributed by atoms with Gasteiger partial charge in [-0.3, -0.25) is 0 Å². The highest BCUT2D eigenvalue weighted by molar-refractivity contribution is 9.10. The van der Waals surface area contributed by atoms with Crippen molar-refractivity contribution in [2.75, 3.05) is 27.2 Å². The Bertz CT molecular complexity index is 438. The third-order valence-electron chi connectivity index (χ3n) is 4.27. The standard InChI is InChI=1S/C16H25BrN2O/c1-12(18-2)13-6-7-16(15(17)11-13)20-10-8-14-5-4-9-19(14)3/h6-7,11-12,14,18H,4-5,8-10H2,1-3H3. The predicted octanol–water partition coefficient (Wildman–Crippen LogP) is 3.59. The first-order valence-electron chi connectivity index (χ1n) is 7.41. The number of halogens is 1. The van der Waals surface area contributed by atoms with Gasteiger partial charge >= 0.3 is 0 Å². The van der Waals surface area contributed by atoms with Crippen LogP contribution in [0.3, 0.4) is 0 Å². The van der Waals surface area contributed by atoms with Crippen LogP contribution in [0.5, 0.6) is 5.75 Å². The second kappa shape index (κ2) is 7.43. The van der Waals surface area contributed by atoms with Gasteiger partial charge in [0.2, 0.25) is 0 Å². The van der Waals surface area contributed by atoms with Crippen LogP contribution in [0.15, 0.2) is 22.7 Å². The maximum atomic E-state index is 5.92. The zero-order chi connectivity index (χ0) is 14.5. The van der Waals surface area contributed by atoms with Gasteiger partial charge in [0, 0.05) is 12.1 Å². The van der Waals surface area contributed by atoms with E-state index < -0.39 is 0 Å². The van der Waals surface area contributed by atoms with E-state index in [4.69, 9.17) is 4.74 Å². The van der Waals surface area contributed by atoms with E-state index in [9.17, 15) is 0 Å². The summed E-state index contributed by atoms with van der Waals surface area (Å²) in [4.78, 5) is 2.44. The van der Waals surface area contributed by atoms with Gasteiger partial charge in [0.25, 0.3) is 0 Å². The van der Waals surface area contributed by atoms with Crippen LogP contribution in [0, 0.1) is 0 Å². The summed E-state index contributed by atoms with van der Waals surface area (Å²) in [5.41, 5.74) is 1.27. The van der Waals surface area contributed by atoms with Gasteiger partial charge in [0.15, 0.2) is 0 Å². The average Bonchev–Trinajstić information content (AvgIpc) is 2.85. The van der Waals surface area contributed by atoms with Crippen LogP contribution in [0.1, 0.15) is 37.8 Å². The molecular weight excluding hydrogens is 316 g/mol. The fourth-order valence-electron chi connectivity index (χ4n) is 2.72. The molecule has 0 radical (unpaired) electrons. The molecule has 1 saturated heterocycles. The molecule has 2 atom stereocenters. The van der Waals surface area contributed by atoms with Crippen LogP contribution in [0.25, 0.3) is 0 Å². The molecule has 20 heavy (non-hydrogen) atoms. The van der Waals surface area contributed by atoms with Gasteiger partial charge in [0.05, 0.1) is 11.1 Å². The van der Waals surface area contributed by atoms with E-state index in [1.807, 2.05) is 7.05 Å². The van der Waals surface area contributed by atoms with Gasteiger partial charge in [-0.05, 0) is 80.5 Å². The van der Waals surface area contributed by atoms with Crippen LogP contribution in [-0.2, 0) is 0 Å². The Kier molecular flexibility index (Phi) is 5.87. The third-order valence-corrected chi connectivity index (χ3v) is 4.89. The molecule has 112 valence electrons. The zero-order valence-corrected chi connectivity index (χ0v) is 14.2. The third kappa shape index (κ3) is 3.96. The Balaban J connectivity index is 1.86. The molecule has 1 heterocycles. The van der Waals surface area contributed by atoms with Crippen molar-refractivity contribution in [1.82, 2.24) is 10.2 Å². The highest BCUT2D eigenvalue weighted by Crippen LogP contribution is 2.29. The quantitative estimate of drug-likeness (QED) is 0.856. The molecule has 4 heteroatoms. The molecule has 3 nitrogen and oxygen atoms in total. The Morgan fingerprint density at radius 3 is 2.90 bits per heavy atom. The second-order valence-corrected chi connectivity index (χ2v) is 6.47. The van der Waals surface area contributed by atoms with E-state index >= 15 is 0 Å². The topological polar surface area (TPSA) is 24.5 Å². The van der Waals surface area contributed by atoms with Crippen LogP contribution in [0.4, 0.5) is 0 Å². The first-order chi connectivity index (χ1) is 9.61. The van der Waals surface area contributed by atoms with E-state index in [0.717, 1.165) is 23.2 Å². The van der Waals surface area contributed by atoms with E-state index in [1.54, 1.807) is 0 Å². The lowest BCUT2D eigenvalue weighted by Gasteiger charge is -2.19. The van der Waals surface area contributed by atoms with E-state index in [-0.39, 0.29) is 0 Å².